The molecule has 0 heterocycles. The Morgan fingerprint density at radius 1 is 0.600 bits per heavy atom. The Bertz CT molecular complexity index is 1040. The average Bonchev–Trinajstić information content (AvgIpc) is 2.84. The van der Waals surface area contributed by atoms with E-state index < -0.39 is 23.6 Å². The maximum Gasteiger partial charge on any atom is 0.255 e. The van der Waals surface area contributed by atoms with Gasteiger partial charge in [-0.25, -0.2) is 0 Å². The predicted molar refractivity (Wildman–Crippen MR) is 131 cm³/mol. The minimum atomic E-state index is -0.480. The quantitative estimate of drug-likeness (QED) is 0.282. The van der Waals surface area contributed by atoms with Crippen LogP contribution in [-0.2, 0) is 0 Å². The number of hydrogen-bond donors (Lipinski definition) is 6. The fourth-order valence-corrected chi connectivity index (χ4v) is 3.54. The van der Waals surface area contributed by atoms with E-state index in [9.17, 15) is 29.4 Å². The van der Waals surface area contributed by atoms with Gasteiger partial charge in [-0.1, -0.05) is 0 Å². The molecule has 0 fully saturated rings. The number of phenols is 2. The number of phenolic OH excluding ortho intramolecular Hbond substituents is 2. The Morgan fingerprint density at radius 2 is 0.914 bits per heavy atom. The molecule has 0 aliphatic rings. The molecule has 0 atom stereocenters. The Kier molecular flexibility index (Phi) is 9.63. The molecule has 6 N–H and O–H groups in total. The summed E-state index contributed by atoms with van der Waals surface area (Å²) in [6.45, 7) is 4.16. The monoisotopic (exact) mass is 484 g/mol. The molecule has 0 saturated heterocycles. The van der Waals surface area contributed by atoms with Gasteiger partial charge >= 0.3 is 0 Å². The molecule has 0 saturated carbocycles. The summed E-state index contributed by atoms with van der Waals surface area (Å²) in [5.74, 6) is -2.65. The lowest BCUT2D eigenvalue weighted by Crippen LogP contribution is -2.27. The van der Waals surface area contributed by atoms with Crippen LogP contribution in [0.25, 0.3) is 0 Å². The second-order valence-corrected chi connectivity index (χ2v) is 8.15. The molecule has 0 aliphatic heterocycles. The molecule has 0 bridgehead atoms. The smallest absolute Gasteiger partial charge is 0.255 e. The SMILES string of the molecule is CNC(=O)c1cc(C)cc(C(=O)NCCCCCNC(=O)c2cc(C)cc(C(=O)NC)c2O)c1O. The predicted octanol–water partition coefficient (Wildman–Crippen LogP) is 1.76. The van der Waals surface area contributed by atoms with E-state index >= 15 is 0 Å². The van der Waals surface area contributed by atoms with Crippen LogP contribution >= 0.6 is 0 Å². The molecule has 0 spiro atoms. The van der Waals surface area contributed by atoms with Crippen molar-refractivity contribution in [2.75, 3.05) is 27.2 Å². The molecular weight excluding hydrogens is 452 g/mol. The van der Waals surface area contributed by atoms with Gasteiger partial charge in [0, 0.05) is 27.2 Å². The number of carbonyl (C=O) groups is 4. The first-order chi connectivity index (χ1) is 16.6. The van der Waals surface area contributed by atoms with E-state index in [2.05, 4.69) is 21.3 Å². The summed E-state index contributed by atoms with van der Waals surface area (Å²) in [4.78, 5) is 48.7. The van der Waals surface area contributed by atoms with Gasteiger partial charge in [-0.2, -0.15) is 0 Å². The van der Waals surface area contributed by atoms with Crippen LogP contribution in [0.4, 0.5) is 0 Å². The first-order valence-electron chi connectivity index (χ1n) is 11.3. The molecule has 2 aromatic rings. The molecule has 10 heteroatoms. The molecule has 35 heavy (non-hydrogen) atoms. The minimum Gasteiger partial charge on any atom is -0.506 e. The zero-order valence-corrected chi connectivity index (χ0v) is 20.4. The van der Waals surface area contributed by atoms with Crippen LogP contribution in [0.15, 0.2) is 24.3 Å². The fourth-order valence-electron chi connectivity index (χ4n) is 3.54. The number of benzene rings is 2. The van der Waals surface area contributed by atoms with Gasteiger partial charge in [0.25, 0.3) is 23.6 Å². The van der Waals surface area contributed by atoms with Gasteiger partial charge in [0.2, 0.25) is 0 Å². The number of amides is 4. The summed E-state index contributed by atoms with van der Waals surface area (Å²) in [6, 6.07) is 6.05. The number of aromatic hydroxyl groups is 2. The fraction of sp³-hybridized carbons (Fsp3) is 0.360. The summed E-state index contributed by atoms with van der Waals surface area (Å²) in [7, 11) is 2.88. The highest BCUT2D eigenvalue weighted by Crippen LogP contribution is 2.25. The number of unbranched alkanes of at least 4 members (excludes halogenated alkanes) is 2. The van der Waals surface area contributed by atoms with Crippen molar-refractivity contribution in [3.05, 3.63) is 57.6 Å². The first kappa shape index (κ1) is 27.2. The number of aryl methyl sites for hydroxylation is 2. The van der Waals surface area contributed by atoms with Crippen molar-refractivity contribution in [3.63, 3.8) is 0 Å². The first-order valence-corrected chi connectivity index (χ1v) is 11.3. The summed E-state index contributed by atoms with van der Waals surface area (Å²) in [5.41, 5.74) is 1.48. The van der Waals surface area contributed by atoms with Crippen molar-refractivity contribution in [2.24, 2.45) is 0 Å². The average molecular weight is 485 g/mol. The highest BCUT2D eigenvalue weighted by Gasteiger charge is 2.20. The molecule has 0 unspecified atom stereocenters. The van der Waals surface area contributed by atoms with Crippen molar-refractivity contribution in [2.45, 2.75) is 33.1 Å². The van der Waals surface area contributed by atoms with Crippen molar-refractivity contribution in [1.29, 1.82) is 0 Å². The highest BCUT2D eigenvalue weighted by molar-refractivity contribution is 6.05. The third-order valence-corrected chi connectivity index (χ3v) is 5.37. The van der Waals surface area contributed by atoms with Gasteiger partial charge in [-0.3, -0.25) is 19.2 Å². The highest BCUT2D eigenvalue weighted by atomic mass is 16.3. The van der Waals surface area contributed by atoms with Gasteiger partial charge in [0.1, 0.15) is 11.5 Å². The second kappa shape index (κ2) is 12.4. The van der Waals surface area contributed by atoms with Crippen molar-refractivity contribution < 1.29 is 29.4 Å². The lowest BCUT2D eigenvalue weighted by molar-refractivity contribution is 0.0937. The molecule has 4 amide bonds. The Balaban J connectivity index is 1.81. The molecule has 0 radical (unpaired) electrons. The van der Waals surface area contributed by atoms with Crippen molar-refractivity contribution >= 4 is 23.6 Å². The standard InChI is InChI=1S/C25H32N4O6/c1-14-10-16(22(32)26-3)20(30)18(12-14)24(34)28-8-6-5-7-9-29-25(35)19-13-15(2)11-17(21(19)31)23(33)27-4/h10-13,30-31H,5-9H2,1-4H3,(H,26,32)(H,27,33)(H,28,34)(H,29,35). The summed E-state index contributed by atoms with van der Waals surface area (Å²) in [5, 5.41) is 30.9. The van der Waals surface area contributed by atoms with Crippen LogP contribution in [0.5, 0.6) is 11.5 Å². The van der Waals surface area contributed by atoms with E-state index in [0.717, 1.165) is 0 Å². The molecule has 2 aromatic carbocycles. The number of rotatable bonds is 10. The van der Waals surface area contributed by atoms with Gasteiger partial charge in [-0.05, 0) is 68.5 Å². The van der Waals surface area contributed by atoms with Crippen LogP contribution < -0.4 is 21.3 Å². The van der Waals surface area contributed by atoms with Crippen LogP contribution in [0.2, 0.25) is 0 Å². The van der Waals surface area contributed by atoms with E-state index in [0.29, 0.717) is 43.5 Å². The van der Waals surface area contributed by atoms with Crippen LogP contribution in [0.3, 0.4) is 0 Å². The molecule has 0 aliphatic carbocycles. The topological polar surface area (TPSA) is 157 Å². The molecule has 188 valence electrons. The van der Waals surface area contributed by atoms with Crippen molar-refractivity contribution in [1.82, 2.24) is 21.3 Å². The van der Waals surface area contributed by atoms with E-state index in [1.165, 1.54) is 38.4 Å². The molecule has 0 aromatic heterocycles. The van der Waals surface area contributed by atoms with Crippen molar-refractivity contribution in [3.8, 4) is 11.5 Å². The lowest BCUT2D eigenvalue weighted by Gasteiger charge is -2.12. The summed E-state index contributed by atoms with van der Waals surface area (Å²) >= 11 is 0. The van der Waals surface area contributed by atoms with Gasteiger partial charge < -0.3 is 31.5 Å². The third kappa shape index (κ3) is 6.95. The lowest BCUT2D eigenvalue weighted by atomic mass is 10.0. The largest absolute Gasteiger partial charge is 0.506 e. The number of carbonyl (C=O) groups excluding carboxylic acids is 4. The molecular formula is C25H32N4O6. The molecule has 10 nitrogen and oxygen atoms in total. The Labute approximate surface area is 204 Å². The zero-order valence-electron chi connectivity index (χ0n) is 20.4. The van der Waals surface area contributed by atoms with E-state index in [1.807, 2.05) is 0 Å². The second-order valence-electron chi connectivity index (χ2n) is 8.15. The molecule has 2 rings (SSSR count). The van der Waals surface area contributed by atoms with Gasteiger partial charge in [0.15, 0.2) is 0 Å². The van der Waals surface area contributed by atoms with Gasteiger partial charge in [-0.15, -0.1) is 0 Å². The third-order valence-electron chi connectivity index (χ3n) is 5.37. The zero-order chi connectivity index (χ0) is 26.1. The van der Waals surface area contributed by atoms with Crippen LogP contribution in [0, 0.1) is 13.8 Å². The Morgan fingerprint density at radius 3 is 1.23 bits per heavy atom. The number of nitrogens with one attached hydrogen (secondary N) is 4. The van der Waals surface area contributed by atoms with E-state index in [1.54, 1.807) is 13.8 Å². The summed E-state index contributed by atoms with van der Waals surface area (Å²) < 4.78 is 0. The summed E-state index contributed by atoms with van der Waals surface area (Å²) in [6.07, 6.45) is 1.97. The maximum atomic E-state index is 12.5. The van der Waals surface area contributed by atoms with Gasteiger partial charge in [0.05, 0.1) is 22.3 Å². The Hall–Kier alpha value is -4.08. The van der Waals surface area contributed by atoms with E-state index in [4.69, 9.17) is 0 Å². The minimum absolute atomic E-state index is 0.0324. The van der Waals surface area contributed by atoms with Crippen LogP contribution in [0.1, 0.15) is 71.8 Å². The maximum absolute atomic E-state index is 12.5. The van der Waals surface area contributed by atoms with E-state index in [-0.39, 0.29) is 33.8 Å². The van der Waals surface area contributed by atoms with Crippen LogP contribution in [-0.4, -0.2) is 61.0 Å². The number of hydrogen-bond acceptors (Lipinski definition) is 6. The normalized spacial score (nSPS) is 10.4.